The first kappa shape index (κ1) is 13.3. The lowest BCUT2D eigenvalue weighted by molar-refractivity contribution is 0.0230. The van der Waals surface area contributed by atoms with Crippen LogP contribution in [-0.2, 0) is 11.3 Å². The molecule has 0 aliphatic rings. The van der Waals surface area contributed by atoms with Gasteiger partial charge in [0.2, 0.25) is 0 Å². The van der Waals surface area contributed by atoms with Crippen LogP contribution in [0.3, 0.4) is 0 Å². The molecule has 90 valence electrons. The minimum absolute atomic E-state index is 0.214. The summed E-state index contributed by atoms with van der Waals surface area (Å²) < 4.78 is 5.28. The van der Waals surface area contributed by atoms with E-state index in [2.05, 4.69) is 5.32 Å². The first-order valence-electron chi connectivity index (χ1n) is 5.18. The van der Waals surface area contributed by atoms with Gasteiger partial charge in [0.1, 0.15) is 5.75 Å². The van der Waals surface area contributed by atoms with Crippen molar-refractivity contribution in [3.63, 3.8) is 0 Å². The standard InChI is InChI=1S/C12H18ClNO2/c1-12(2,16-3)8-14-7-9-6-10(13)4-5-11(9)15/h4-6,14-15H,7-8H2,1-3H3. The SMILES string of the molecule is COC(C)(C)CNCc1cc(Cl)ccc1O. The highest BCUT2D eigenvalue weighted by atomic mass is 35.5. The zero-order chi connectivity index (χ0) is 12.2. The van der Waals surface area contributed by atoms with Crippen molar-refractivity contribution in [1.29, 1.82) is 0 Å². The molecule has 0 radical (unpaired) electrons. The molecule has 0 bridgehead atoms. The molecular weight excluding hydrogens is 226 g/mol. The normalized spacial score (nSPS) is 11.8. The highest BCUT2D eigenvalue weighted by Gasteiger charge is 2.15. The highest BCUT2D eigenvalue weighted by molar-refractivity contribution is 6.30. The fourth-order valence-electron chi connectivity index (χ4n) is 1.27. The molecule has 0 saturated carbocycles. The number of ether oxygens (including phenoxy) is 1. The van der Waals surface area contributed by atoms with Crippen LogP contribution < -0.4 is 5.32 Å². The van der Waals surface area contributed by atoms with Crippen LogP contribution in [0, 0.1) is 0 Å². The molecule has 4 heteroatoms. The molecule has 0 spiro atoms. The largest absolute Gasteiger partial charge is 0.508 e. The van der Waals surface area contributed by atoms with E-state index in [1.807, 2.05) is 13.8 Å². The molecule has 0 aromatic heterocycles. The lowest BCUT2D eigenvalue weighted by Gasteiger charge is -2.23. The molecule has 1 aromatic carbocycles. The van der Waals surface area contributed by atoms with Crippen molar-refractivity contribution in [2.75, 3.05) is 13.7 Å². The van der Waals surface area contributed by atoms with Crippen molar-refractivity contribution in [1.82, 2.24) is 5.32 Å². The second-order valence-corrected chi connectivity index (χ2v) is 4.78. The van der Waals surface area contributed by atoms with Gasteiger partial charge in [0.25, 0.3) is 0 Å². The maximum absolute atomic E-state index is 9.59. The molecule has 0 aliphatic carbocycles. The number of nitrogens with one attached hydrogen (secondary N) is 1. The maximum atomic E-state index is 9.59. The summed E-state index contributed by atoms with van der Waals surface area (Å²) in [5.41, 5.74) is 0.577. The average Bonchev–Trinajstić information content (AvgIpc) is 2.23. The van der Waals surface area contributed by atoms with E-state index in [9.17, 15) is 5.11 Å². The van der Waals surface area contributed by atoms with Gasteiger partial charge < -0.3 is 15.2 Å². The Morgan fingerprint density at radius 2 is 2.12 bits per heavy atom. The summed E-state index contributed by atoms with van der Waals surface area (Å²) in [6, 6.07) is 5.02. The van der Waals surface area contributed by atoms with Crippen LogP contribution in [0.4, 0.5) is 0 Å². The predicted molar refractivity (Wildman–Crippen MR) is 65.9 cm³/mol. The third-order valence-corrected chi connectivity index (χ3v) is 2.70. The smallest absolute Gasteiger partial charge is 0.120 e. The first-order chi connectivity index (χ1) is 7.44. The third-order valence-electron chi connectivity index (χ3n) is 2.46. The van der Waals surface area contributed by atoms with E-state index in [0.29, 0.717) is 18.1 Å². The van der Waals surface area contributed by atoms with Gasteiger partial charge in [-0.15, -0.1) is 0 Å². The summed E-state index contributed by atoms with van der Waals surface area (Å²) in [6.45, 7) is 5.27. The summed E-state index contributed by atoms with van der Waals surface area (Å²) in [5, 5.41) is 13.4. The van der Waals surface area contributed by atoms with Crippen LogP contribution in [0.5, 0.6) is 5.75 Å². The quantitative estimate of drug-likeness (QED) is 0.835. The number of rotatable bonds is 5. The second kappa shape index (κ2) is 5.53. The molecule has 0 amide bonds. The number of methoxy groups -OCH3 is 1. The van der Waals surface area contributed by atoms with E-state index < -0.39 is 0 Å². The number of hydrogen-bond donors (Lipinski definition) is 2. The third kappa shape index (κ3) is 4.00. The van der Waals surface area contributed by atoms with Crippen LogP contribution in [0.1, 0.15) is 19.4 Å². The molecule has 3 nitrogen and oxygen atoms in total. The Hall–Kier alpha value is -0.770. The van der Waals surface area contributed by atoms with Gasteiger partial charge in [-0.2, -0.15) is 0 Å². The molecule has 0 heterocycles. The van der Waals surface area contributed by atoms with Gasteiger partial charge in [-0.1, -0.05) is 11.6 Å². The van der Waals surface area contributed by atoms with Crippen LogP contribution in [0.2, 0.25) is 5.02 Å². The predicted octanol–water partition coefficient (Wildman–Crippen LogP) is 2.56. The van der Waals surface area contributed by atoms with Crippen LogP contribution in [0.15, 0.2) is 18.2 Å². The summed E-state index contributed by atoms with van der Waals surface area (Å²) in [7, 11) is 1.68. The van der Waals surface area contributed by atoms with Crippen LogP contribution >= 0.6 is 11.6 Å². The molecule has 2 N–H and O–H groups in total. The summed E-state index contributed by atoms with van der Waals surface area (Å²) >= 11 is 5.85. The van der Waals surface area contributed by atoms with Gasteiger partial charge in [0, 0.05) is 30.8 Å². The number of halogens is 1. The molecule has 1 aromatic rings. The van der Waals surface area contributed by atoms with E-state index in [4.69, 9.17) is 16.3 Å². The lowest BCUT2D eigenvalue weighted by atomic mass is 10.1. The Bertz CT molecular complexity index is 353. The van der Waals surface area contributed by atoms with Crippen LogP contribution in [0.25, 0.3) is 0 Å². The van der Waals surface area contributed by atoms with Crippen molar-refractivity contribution in [3.05, 3.63) is 28.8 Å². The number of hydrogen-bond acceptors (Lipinski definition) is 3. The number of aromatic hydroxyl groups is 1. The topological polar surface area (TPSA) is 41.5 Å². The zero-order valence-electron chi connectivity index (χ0n) is 9.88. The molecule has 0 fully saturated rings. The Morgan fingerprint density at radius 1 is 1.44 bits per heavy atom. The van der Waals surface area contributed by atoms with Gasteiger partial charge in [-0.25, -0.2) is 0 Å². The highest BCUT2D eigenvalue weighted by Crippen LogP contribution is 2.21. The lowest BCUT2D eigenvalue weighted by Crippen LogP contribution is -2.36. The first-order valence-corrected chi connectivity index (χ1v) is 5.56. The van der Waals surface area contributed by atoms with Gasteiger partial charge in [-0.05, 0) is 32.0 Å². The van der Waals surface area contributed by atoms with Gasteiger partial charge in [0.05, 0.1) is 5.60 Å². The van der Waals surface area contributed by atoms with E-state index in [1.165, 1.54) is 0 Å². The molecule has 0 unspecified atom stereocenters. The Kier molecular flexibility index (Phi) is 4.59. The van der Waals surface area contributed by atoms with E-state index >= 15 is 0 Å². The number of phenols is 1. The van der Waals surface area contributed by atoms with Crippen molar-refractivity contribution in [2.24, 2.45) is 0 Å². The molecule has 16 heavy (non-hydrogen) atoms. The van der Waals surface area contributed by atoms with Gasteiger partial charge >= 0.3 is 0 Å². The van der Waals surface area contributed by atoms with E-state index in [0.717, 1.165) is 5.56 Å². The molecule has 0 atom stereocenters. The average molecular weight is 244 g/mol. The Labute approximate surface area is 101 Å². The van der Waals surface area contributed by atoms with Crippen molar-refractivity contribution < 1.29 is 9.84 Å². The zero-order valence-corrected chi connectivity index (χ0v) is 10.6. The van der Waals surface area contributed by atoms with Gasteiger partial charge in [0.15, 0.2) is 0 Å². The second-order valence-electron chi connectivity index (χ2n) is 4.34. The van der Waals surface area contributed by atoms with E-state index in [-0.39, 0.29) is 11.4 Å². The van der Waals surface area contributed by atoms with Gasteiger partial charge in [-0.3, -0.25) is 0 Å². The van der Waals surface area contributed by atoms with Crippen molar-refractivity contribution >= 4 is 11.6 Å². The number of benzene rings is 1. The maximum Gasteiger partial charge on any atom is 0.120 e. The fraction of sp³-hybridized carbons (Fsp3) is 0.500. The Balaban J connectivity index is 2.52. The van der Waals surface area contributed by atoms with E-state index in [1.54, 1.807) is 25.3 Å². The monoisotopic (exact) mass is 243 g/mol. The minimum Gasteiger partial charge on any atom is -0.508 e. The molecule has 0 saturated heterocycles. The molecular formula is C12H18ClNO2. The van der Waals surface area contributed by atoms with Crippen molar-refractivity contribution in [3.8, 4) is 5.75 Å². The Morgan fingerprint density at radius 3 is 2.75 bits per heavy atom. The fourth-order valence-corrected chi connectivity index (χ4v) is 1.46. The van der Waals surface area contributed by atoms with Crippen molar-refractivity contribution in [2.45, 2.75) is 26.0 Å². The summed E-state index contributed by atoms with van der Waals surface area (Å²) in [4.78, 5) is 0. The molecule has 1 rings (SSSR count). The molecule has 0 aliphatic heterocycles. The summed E-state index contributed by atoms with van der Waals surface area (Å²) in [5.74, 6) is 0.257. The summed E-state index contributed by atoms with van der Waals surface area (Å²) in [6.07, 6.45) is 0. The number of phenolic OH excluding ortho intramolecular Hbond substituents is 1. The van der Waals surface area contributed by atoms with Crippen LogP contribution in [-0.4, -0.2) is 24.4 Å². The minimum atomic E-state index is -0.214.